The van der Waals surface area contributed by atoms with E-state index < -0.39 is 0 Å². The zero-order valence-electron chi connectivity index (χ0n) is 8.66. The number of unbranched alkanes of at least 4 members (excludes halogenated alkanes) is 2. The minimum atomic E-state index is 0.683. The largest absolute Gasteiger partial charge is 0.351 e. The molecule has 1 aromatic heterocycles. The van der Waals surface area contributed by atoms with Crippen molar-refractivity contribution >= 4 is 16.5 Å². The number of aromatic nitrogens is 1. The Balaban J connectivity index is 2.44. The lowest BCUT2D eigenvalue weighted by Crippen LogP contribution is -2.17. The molecule has 1 aromatic rings. The van der Waals surface area contributed by atoms with E-state index in [0.717, 1.165) is 11.7 Å². The van der Waals surface area contributed by atoms with Crippen LogP contribution in [0, 0.1) is 11.3 Å². The van der Waals surface area contributed by atoms with Gasteiger partial charge in [0.25, 0.3) is 0 Å². The summed E-state index contributed by atoms with van der Waals surface area (Å²) in [5.74, 6) is 0. The van der Waals surface area contributed by atoms with Gasteiger partial charge in [0.15, 0.2) is 5.13 Å². The monoisotopic (exact) mass is 209 g/mol. The van der Waals surface area contributed by atoms with Crippen molar-refractivity contribution in [3.63, 3.8) is 0 Å². The molecule has 0 aliphatic heterocycles. The molecule has 14 heavy (non-hydrogen) atoms. The summed E-state index contributed by atoms with van der Waals surface area (Å²) in [6.07, 6.45) is 5.31. The van der Waals surface area contributed by atoms with Crippen molar-refractivity contribution in [2.24, 2.45) is 0 Å². The fraction of sp³-hybridized carbons (Fsp3) is 0.600. The molecule has 76 valence electrons. The fourth-order valence-electron chi connectivity index (χ4n) is 1.19. The van der Waals surface area contributed by atoms with Gasteiger partial charge in [0, 0.05) is 13.6 Å². The normalized spacial score (nSPS) is 9.79. The van der Waals surface area contributed by atoms with Gasteiger partial charge in [-0.3, -0.25) is 0 Å². The lowest BCUT2D eigenvalue weighted by molar-refractivity contribution is 0.704. The first kappa shape index (κ1) is 11.0. The number of anilines is 1. The Bertz CT molecular complexity index is 313. The molecule has 0 fully saturated rings. The highest BCUT2D eigenvalue weighted by Gasteiger charge is 2.05. The lowest BCUT2D eigenvalue weighted by Gasteiger charge is -2.14. The number of nitriles is 1. The topological polar surface area (TPSA) is 39.9 Å². The number of rotatable bonds is 5. The second-order valence-corrected chi connectivity index (χ2v) is 4.26. The smallest absolute Gasteiger partial charge is 0.186 e. The molecule has 0 aliphatic rings. The van der Waals surface area contributed by atoms with Crippen LogP contribution in [0.2, 0.25) is 0 Å². The molecule has 0 N–H and O–H groups in total. The average molecular weight is 209 g/mol. The van der Waals surface area contributed by atoms with E-state index in [0.29, 0.717) is 4.88 Å². The molecule has 0 unspecified atom stereocenters. The third kappa shape index (κ3) is 3.00. The van der Waals surface area contributed by atoms with Gasteiger partial charge in [-0.15, -0.1) is 0 Å². The van der Waals surface area contributed by atoms with E-state index in [9.17, 15) is 0 Å². The van der Waals surface area contributed by atoms with Gasteiger partial charge in [-0.2, -0.15) is 5.26 Å². The van der Waals surface area contributed by atoms with Crippen molar-refractivity contribution < 1.29 is 0 Å². The predicted octanol–water partition coefficient (Wildman–Crippen LogP) is 2.64. The van der Waals surface area contributed by atoms with Crippen molar-refractivity contribution in [2.75, 3.05) is 18.5 Å². The van der Waals surface area contributed by atoms with Crippen molar-refractivity contribution in [2.45, 2.75) is 26.2 Å². The van der Waals surface area contributed by atoms with Gasteiger partial charge < -0.3 is 4.90 Å². The van der Waals surface area contributed by atoms with E-state index in [1.807, 2.05) is 7.05 Å². The Kier molecular flexibility index (Phi) is 4.41. The average Bonchev–Trinajstić information content (AvgIpc) is 2.66. The van der Waals surface area contributed by atoms with Crippen molar-refractivity contribution in [3.8, 4) is 6.07 Å². The first-order valence-corrected chi connectivity index (χ1v) is 5.66. The molecular weight excluding hydrogens is 194 g/mol. The zero-order chi connectivity index (χ0) is 10.4. The molecule has 0 aliphatic carbocycles. The first-order chi connectivity index (χ1) is 6.77. The number of hydrogen-bond donors (Lipinski definition) is 0. The highest BCUT2D eigenvalue weighted by atomic mass is 32.1. The summed E-state index contributed by atoms with van der Waals surface area (Å²) in [6, 6.07) is 2.10. The van der Waals surface area contributed by atoms with Crippen molar-refractivity contribution in [1.29, 1.82) is 5.26 Å². The molecule has 1 heterocycles. The van der Waals surface area contributed by atoms with Crippen LogP contribution in [0.15, 0.2) is 6.20 Å². The molecule has 0 spiro atoms. The Labute approximate surface area is 89.0 Å². The first-order valence-electron chi connectivity index (χ1n) is 4.85. The molecule has 4 heteroatoms. The quantitative estimate of drug-likeness (QED) is 0.700. The maximum Gasteiger partial charge on any atom is 0.186 e. The summed E-state index contributed by atoms with van der Waals surface area (Å²) < 4.78 is 0. The molecular formula is C10H15N3S. The molecule has 3 nitrogen and oxygen atoms in total. The van der Waals surface area contributed by atoms with E-state index in [4.69, 9.17) is 5.26 Å². The van der Waals surface area contributed by atoms with Gasteiger partial charge in [-0.05, 0) is 6.42 Å². The van der Waals surface area contributed by atoms with Crippen molar-refractivity contribution in [1.82, 2.24) is 4.98 Å². The summed E-state index contributed by atoms with van der Waals surface area (Å²) >= 11 is 1.45. The van der Waals surface area contributed by atoms with Gasteiger partial charge >= 0.3 is 0 Å². The van der Waals surface area contributed by atoms with Gasteiger partial charge in [0.2, 0.25) is 0 Å². The van der Waals surface area contributed by atoms with Crippen LogP contribution < -0.4 is 4.90 Å². The molecule has 0 aromatic carbocycles. The van der Waals surface area contributed by atoms with Crippen LogP contribution in [0.4, 0.5) is 5.13 Å². The number of nitrogens with zero attached hydrogens (tertiary/aromatic N) is 3. The lowest BCUT2D eigenvalue weighted by atomic mass is 10.2. The Morgan fingerprint density at radius 2 is 2.36 bits per heavy atom. The maximum absolute atomic E-state index is 8.65. The summed E-state index contributed by atoms with van der Waals surface area (Å²) in [5.41, 5.74) is 0. The minimum absolute atomic E-state index is 0.683. The van der Waals surface area contributed by atoms with E-state index in [-0.39, 0.29) is 0 Å². The Morgan fingerprint density at radius 3 is 2.93 bits per heavy atom. The Hall–Kier alpha value is -1.08. The van der Waals surface area contributed by atoms with Crippen LogP contribution >= 0.6 is 11.3 Å². The van der Waals surface area contributed by atoms with Gasteiger partial charge in [-0.1, -0.05) is 31.1 Å². The van der Waals surface area contributed by atoms with Crippen LogP contribution in [-0.4, -0.2) is 18.6 Å². The number of hydrogen-bond acceptors (Lipinski definition) is 4. The molecule has 1 rings (SSSR count). The van der Waals surface area contributed by atoms with Gasteiger partial charge in [-0.25, -0.2) is 4.98 Å². The predicted molar refractivity (Wildman–Crippen MR) is 59.6 cm³/mol. The van der Waals surface area contributed by atoms with E-state index in [2.05, 4.69) is 22.9 Å². The molecule has 0 bridgehead atoms. The molecule has 0 saturated carbocycles. The summed E-state index contributed by atoms with van der Waals surface area (Å²) in [4.78, 5) is 6.98. The zero-order valence-corrected chi connectivity index (χ0v) is 9.47. The van der Waals surface area contributed by atoms with Crippen LogP contribution in [0.3, 0.4) is 0 Å². The highest BCUT2D eigenvalue weighted by Crippen LogP contribution is 2.20. The minimum Gasteiger partial charge on any atom is -0.351 e. The SMILES string of the molecule is CCCCCN(C)c1ncc(C#N)s1. The number of thiazole rings is 1. The Morgan fingerprint density at radius 1 is 1.57 bits per heavy atom. The summed E-state index contributed by atoms with van der Waals surface area (Å²) in [5, 5.41) is 9.59. The molecule has 0 saturated heterocycles. The standard InChI is InChI=1S/C10H15N3S/c1-3-4-5-6-13(2)10-12-8-9(7-11)14-10/h8H,3-6H2,1-2H3. The summed E-state index contributed by atoms with van der Waals surface area (Å²) in [7, 11) is 2.02. The summed E-state index contributed by atoms with van der Waals surface area (Å²) in [6.45, 7) is 3.21. The molecule has 0 atom stereocenters. The second kappa shape index (κ2) is 5.61. The van der Waals surface area contributed by atoms with E-state index >= 15 is 0 Å². The van der Waals surface area contributed by atoms with E-state index in [1.54, 1.807) is 6.20 Å². The molecule has 0 radical (unpaired) electrons. The second-order valence-electron chi connectivity index (χ2n) is 3.25. The molecule has 0 amide bonds. The maximum atomic E-state index is 8.65. The van der Waals surface area contributed by atoms with Crippen LogP contribution in [0.25, 0.3) is 0 Å². The van der Waals surface area contributed by atoms with Crippen molar-refractivity contribution in [3.05, 3.63) is 11.1 Å². The third-order valence-electron chi connectivity index (χ3n) is 2.03. The van der Waals surface area contributed by atoms with Crippen LogP contribution in [0.1, 0.15) is 31.1 Å². The van der Waals surface area contributed by atoms with Gasteiger partial charge in [0.1, 0.15) is 10.9 Å². The third-order valence-corrected chi connectivity index (χ3v) is 3.04. The van der Waals surface area contributed by atoms with E-state index in [1.165, 1.54) is 30.6 Å². The van der Waals surface area contributed by atoms with Crippen LogP contribution in [-0.2, 0) is 0 Å². The fourth-order valence-corrected chi connectivity index (χ4v) is 1.89. The van der Waals surface area contributed by atoms with Gasteiger partial charge in [0.05, 0.1) is 6.20 Å². The van der Waals surface area contributed by atoms with Crippen LogP contribution in [0.5, 0.6) is 0 Å². The highest BCUT2D eigenvalue weighted by molar-refractivity contribution is 7.16.